The molecule has 0 amide bonds. The van der Waals surface area contributed by atoms with Crippen LogP contribution in [-0.2, 0) is 28.6 Å². The van der Waals surface area contributed by atoms with Crippen LogP contribution >= 0.6 is 0 Å². The predicted molar refractivity (Wildman–Crippen MR) is 284 cm³/mol. The van der Waals surface area contributed by atoms with Crippen LogP contribution in [0.3, 0.4) is 0 Å². The largest absolute Gasteiger partial charge is 0.462 e. The highest BCUT2D eigenvalue weighted by Crippen LogP contribution is 2.19. The number of hydrogen-bond acceptors (Lipinski definition) is 6. The first-order chi connectivity index (χ1) is 32.4. The van der Waals surface area contributed by atoms with Crippen molar-refractivity contribution in [3.63, 3.8) is 0 Å². The maximum atomic E-state index is 12.8. The minimum atomic E-state index is -0.761. The van der Waals surface area contributed by atoms with Crippen LogP contribution < -0.4 is 0 Å². The first-order valence-electron chi connectivity index (χ1n) is 29.9. The summed E-state index contributed by atoms with van der Waals surface area (Å²) in [5.74, 6) is 0.0731. The highest BCUT2D eigenvalue weighted by atomic mass is 16.6. The summed E-state index contributed by atoms with van der Waals surface area (Å²) in [6.07, 6.45) is 59.6. The van der Waals surface area contributed by atoms with E-state index >= 15 is 0 Å². The van der Waals surface area contributed by atoms with Gasteiger partial charge < -0.3 is 14.2 Å². The summed E-state index contributed by atoms with van der Waals surface area (Å²) >= 11 is 0. The molecule has 0 aliphatic rings. The third-order valence-electron chi connectivity index (χ3n) is 14.2. The minimum absolute atomic E-state index is 0.0618. The van der Waals surface area contributed by atoms with E-state index in [1.807, 2.05) is 0 Å². The zero-order valence-corrected chi connectivity index (χ0v) is 45.2. The van der Waals surface area contributed by atoms with Crippen LogP contribution in [0.2, 0.25) is 0 Å². The van der Waals surface area contributed by atoms with Gasteiger partial charge in [0.2, 0.25) is 0 Å². The number of carbonyl (C=O) groups is 3. The Balaban J connectivity index is 4.17. The van der Waals surface area contributed by atoms with Gasteiger partial charge in [0.15, 0.2) is 6.10 Å². The maximum Gasteiger partial charge on any atom is 0.306 e. The van der Waals surface area contributed by atoms with E-state index in [0.29, 0.717) is 19.3 Å². The van der Waals surface area contributed by atoms with Crippen molar-refractivity contribution in [3.8, 4) is 0 Å². The summed E-state index contributed by atoms with van der Waals surface area (Å²) in [7, 11) is 0. The van der Waals surface area contributed by atoms with E-state index in [4.69, 9.17) is 14.2 Å². The van der Waals surface area contributed by atoms with E-state index in [2.05, 4.69) is 27.7 Å². The second-order valence-corrected chi connectivity index (χ2v) is 20.9. The quantitative estimate of drug-likeness (QED) is 0.0343. The Hall–Kier alpha value is -1.59. The third-order valence-corrected chi connectivity index (χ3v) is 14.2. The van der Waals surface area contributed by atoms with E-state index in [0.717, 1.165) is 63.7 Å². The highest BCUT2D eigenvalue weighted by Gasteiger charge is 2.19. The summed E-state index contributed by atoms with van der Waals surface area (Å²) in [6, 6.07) is 0. The van der Waals surface area contributed by atoms with Crippen molar-refractivity contribution in [1.82, 2.24) is 0 Å². The Bertz CT molecular complexity index is 998. The molecule has 0 heterocycles. The average Bonchev–Trinajstić information content (AvgIpc) is 3.32. The van der Waals surface area contributed by atoms with Crippen LogP contribution in [0, 0.1) is 5.92 Å². The van der Waals surface area contributed by atoms with Gasteiger partial charge >= 0.3 is 17.9 Å². The summed E-state index contributed by atoms with van der Waals surface area (Å²) in [4.78, 5) is 38.1. The van der Waals surface area contributed by atoms with E-state index < -0.39 is 6.10 Å². The number of unbranched alkanes of at least 4 members (excludes halogenated alkanes) is 41. The molecule has 0 fully saturated rings. The molecule has 0 aliphatic carbocycles. The van der Waals surface area contributed by atoms with Crippen LogP contribution in [0.15, 0.2) is 0 Å². The zero-order chi connectivity index (χ0) is 48.1. The molecule has 66 heavy (non-hydrogen) atoms. The fourth-order valence-corrected chi connectivity index (χ4v) is 9.25. The molecule has 392 valence electrons. The van der Waals surface area contributed by atoms with Gasteiger partial charge in [-0.05, 0) is 25.2 Å². The summed E-state index contributed by atoms with van der Waals surface area (Å²) in [5, 5.41) is 0. The number of ether oxygens (including phenoxy) is 3. The summed E-state index contributed by atoms with van der Waals surface area (Å²) in [5.41, 5.74) is 0. The molecule has 1 unspecified atom stereocenters. The van der Waals surface area contributed by atoms with E-state index in [1.54, 1.807) is 0 Å². The number of rotatable bonds is 55. The van der Waals surface area contributed by atoms with Crippen LogP contribution in [0.1, 0.15) is 342 Å². The van der Waals surface area contributed by atoms with Gasteiger partial charge in [-0.2, -0.15) is 0 Å². The van der Waals surface area contributed by atoms with Crippen LogP contribution in [0.5, 0.6) is 0 Å². The fourth-order valence-electron chi connectivity index (χ4n) is 9.25. The monoisotopic (exact) mass is 933 g/mol. The van der Waals surface area contributed by atoms with Crippen molar-refractivity contribution in [2.24, 2.45) is 5.92 Å². The summed E-state index contributed by atoms with van der Waals surface area (Å²) < 4.78 is 16.9. The van der Waals surface area contributed by atoms with Gasteiger partial charge in [-0.15, -0.1) is 0 Å². The molecule has 0 rings (SSSR count). The Kier molecular flexibility index (Phi) is 53.0. The first-order valence-corrected chi connectivity index (χ1v) is 29.9. The molecule has 0 aromatic carbocycles. The lowest BCUT2D eigenvalue weighted by molar-refractivity contribution is -0.167. The van der Waals surface area contributed by atoms with Crippen LogP contribution in [0.4, 0.5) is 0 Å². The molecule has 0 aromatic rings. The molecule has 0 saturated heterocycles. The molecule has 2 atom stereocenters. The van der Waals surface area contributed by atoms with Gasteiger partial charge in [0.25, 0.3) is 0 Å². The van der Waals surface area contributed by atoms with Crippen molar-refractivity contribution in [1.29, 1.82) is 0 Å². The van der Waals surface area contributed by atoms with Gasteiger partial charge in [-0.25, -0.2) is 0 Å². The molecule has 0 spiro atoms. The van der Waals surface area contributed by atoms with Crippen molar-refractivity contribution in [3.05, 3.63) is 0 Å². The Morgan fingerprint density at radius 2 is 0.530 bits per heavy atom. The number of esters is 3. The second kappa shape index (κ2) is 54.4. The van der Waals surface area contributed by atoms with Crippen molar-refractivity contribution < 1.29 is 28.6 Å². The van der Waals surface area contributed by atoms with Gasteiger partial charge in [-0.1, -0.05) is 304 Å². The molecule has 0 saturated carbocycles. The fraction of sp³-hybridized carbons (Fsp3) is 0.950. The molecule has 0 bridgehead atoms. The SMILES string of the molecule is CCCCCCCCCCCCCCCCCCCC(=O)O[C@H](COC(=O)CCCCCCCCCCC)COC(=O)CCCCCCCCCCCCCCCCCCCCC(C)CC. The van der Waals surface area contributed by atoms with E-state index in [1.165, 1.54) is 238 Å². The first kappa shape index (κ1) is 64.4. The molecule has 0 radical (unpaired) electrons. The highest BCUT2D eigenvalue weighted by molar-refractivity contribution is 5.71. The Labute approximate surface area is 412 Å². The Morgan fingerprint density at radius 1 is 0.303 bits per heavy atom. The van der Waals surface area contributed by atoms with Crippen molar-refractivity contribution >= 4 is 17.9 Å². The Morgan fingerprint density at radius 3 is 0.788 bits per heavy atom. The second-order valence-electron chi connectivity index (χ2n) is 20.9. The molecule has 0 N–H and O–H groups in total. The smallest absolute Gasteiger partial charge is 0.306 e. The molecule has 6 heteroatoms. The molecule has 6 nitrogen and oxygen atoms in total. The lowest BCUT2D eigenvalue weighted by atomic mass is 9.99. The van der Waals surface area contributed by atoms with Crippen LogP contribution in [0.25, 0.3) is 0 Å². The minimum Gasteiger partial charge on any atom is -0.462 e. The van der Waals surface area contributed by atoms with Gasteiger partial charge in [0, 0.05) is 19.3 Å². The van der Waals surface area contributed by atoms with Gasteiger partial charge in [0.1, 0.15) is 13.2 Å². The average molecular weight is 934 g/mol. The van der Waals surface area contributed by atoms with Crippen molar-refractivity contribution in [2.45, 2.75) is 348 Å². The standard InChI is InChI=1S/C60H116O6/c1-5-8-10-12-14-16-17-18-19-22-27-30-33-37-41-45-49-53-60(63)66-57(54-64-58(61)51-47-43-39-34-15-13-11-9-6-2)55-65-59(62)52-48-44-40-36-32-29-26-24-21-20-23-25-28-31-35-38-42-46-50-56(4)7-3/h56-57H,5-55H2,1-4H3/t56?,57-/m1/s1. The molecule has 0 aliphatic heterocycles. The lowest BCUT2D eigenvalue weighted by Gasteiger charge is -2.18. The zero-order valence-electron chi connectivity index (χ0n) is 45.2. The lowest BCUT2D eigenvalue weighted by Crippen LogP contribution is -2.30. The van der Waals surface area contributed by atoms with Crippen LogP contribution in [-0.4, -0.2) is 37.2 Å². The maximum absolute atomic E-state index is 12.8. The number of carbonyl (C=O) groups excluding carboxylic acids is 3. The van der Waals surface area contributed by atoms with E-state index in [-0.39, 0.29) is 31.1 Å². The van der Waals surface area contributed by atoms with E-state index in [9.17, 15) is 14.4 Å². The molecule has 0 aromatic heterocycles. The van der Waals surface area contributed by atoms with Gasteiger partial charge in [-0.3, -0.25) is 14.4 Å². The molecular weight excluding hydrogens is 817 g/mol. The number of hydrogen-bond donors (Lipinski definition) is 0. The predicted octanol–water partition coefficient (Wildman–Crippen LogP) is 19.8. The third kappa shape index (κ3) is 51.8. The normalized spacial score (nSPS) is 12.4. The van der Waals surface area contributed by atoms with Gasteiger partial charge in [0.05, 0.1) is 0 Å². The summed E-state index contributed by atoms with van der Waals surface area (Å²) in [6.45, 7) is 9.09. The molecular formula is C60H116O6. The topological polar surface area (TPSA) is 78.9 Å². The van der Waals surface area contributed by atoms with Crippen molar-refractivity contribution in [2.75, 3.05) is 13.2 Å².